The van der Waals surface area contributed by atoms with Crippen LogP contribution in [0.2, 0.25) is 0 Å². The zero-order chi connectivity index (χ0) is 14.1. The Kier molecular flexibility index (Phi) is 3.59. The van der Waals surface area contributed by atoms with Gasteiger partial charge in [0.15, 0.2) is 0 Å². The molecule has 1 aromatic rings. The van der Waals surface area contributed by atoms with Crippen molar-refractivity contribution in [3.63, 3.8) is 0 Å². The number of hydrogen-bond donors (Lipinski definition) is 0. The maximum atomic E-state index is 6.21. The van der Waals surface area contributed by atoms with Gasteiger partial charge in [0.1, 0.15) is 11.9 Å². The Balaban J connectivity index is 1.35. The first-order chi connectivity index (χ1) is 10.3. The maximum absolute atomic E-state index is 6.21. The van der Waals surface area contributed by atoms with Crippen LogP contribution < -0.4 is 4.74 Å². The molecule has 0 N–H and O–H groups in total. The molecule has 4 heteroatoms. The fraction of sp³-hybridized carbons (Fsp3) is 0.706. The smallest absolute Gasteiger partial charge is 0.138 e. The van der Waals surface area contributed by atoms with Crippen LogP contribution in [0.1, 0.15) is 32.1 Å². The minimum absolute atomic E-state index is 0.0417. The molecule has 0 radical (unpaired) electrons. The third-order valence-corrected chi connectivity index (χ3v) is 4.94. The minimum atomic E-state index is 0.0417. The lowest BCUT2D eigenvalue weighted by molar-refractivity contribution is -0.0526. The molecule has 1 aromatic heterocycles. The highest BCUT2D eigenvalue weighted by atomic mass is 16.6. The number of rotatable bonds is 4. The van der Waals surface area contributed by atoms with Gasteiger partial charge in [-0.2, -0.15) is 0 Å². The zero-order valence-electron chi connectivity index (χ0n) is 12.5. The highest BCUT2D eigenvalue weighted by Gasteiger charge is 2.45. The van der Waals surface area contributed by atoms with Crippen molar-refractivity contribution in [2.24, 2.45) is 5.92 Å². The molecule has 2 saturated heterocycles. The number of pyridine rings is 1. The summed E-state index contributed by atoms with van der Waals surface area (Å²) in [6.07, 6.45) is 10.0. The molecule has 0 aromatic carbocycles. The normalized spacial score (nSPS) is 33.4. The van der Waals surface area contributed by atoms with Gasteiger partial charge in [-0.15, -0.1) is 0 Å². The molecule has 3 aliphatic rings. The van der Waals surface area contributed by atoms with Crippen LogP contribution >= 0.6 is 0 Å². The molecule has 3 heterocycles. The molecule has 0 amide bonds. The van der Waals surface area contributed by atoms with Gasteiger partial charge in [-0.3, -0.25) is 4.98 Å². The van der Waals surface area contributed by atoms with E-state index in [4.69, 9.17) is 9.47 Å². The van der Waals surface area contributed by atoms with Crippen molar-refractivity contribution < 1.29 is 9.47 Å². The van der Waals surface area contributed by atoms with Crippen LogP contribution in [-0.4, -0.2) is 47.8 Å². The van der Waals surface area contributed by atoms with Crippen LogP contribution in [0, 0.1) is 5.92 Å². The summed E-state index contributed by atoms with van der Waals surface area (Å²) in [4.78, 5) is 6.73. The number of piperidine rings is 1. The topological polar surface area (TPSA) is 34.6 Å². The van der Waals surface area contributed by atoms with Gasteiger partial charge >= 0.3 is 0 Å². The average molecular weight is 288 g/mol. The van der Waals surface area contributed by atoms with Crippen LogP contribution in [0.3, 0.4) is 0 Å². The van der Waals surface area contributed by atoms with Crippen LogP contribution in [0.15, 0.2) is 24.5 Å². The molecule has 4 rings (SSSR count). The fourth-order valence-corrected chi connectivity index (χ4v) is 3.78. The van der Waals surface area contributed by atoms with E-state index in [0.29, 0.717) is 6.61 Å². The minimum Gasteiger partial charge on any atom is -0.486 e. The second-order valence-electron chi connectivity index (χ2n) is 6.91. The van der Waals surface area contributed by atoms with E-state index in [1.165, 1.54) is 38.8 Å². The second-order valence-corrected chi connectivity index (χ2v) is 6.91. The first-order valence-corrected chi connectivity index (χ1v) is 8.24. The molecule has 114 valence electrons. The maximum Gasteiger partial charge on any atom is 0.138 e. The Morgan fingerprint density at radius 2 is 2.38 bits per heavy atom. The molecule has 21 heavy (non-hydrogen) atoms. The van der Waals surface area contributed by atoms with Gasteiger partial charge in [0.2, 0.25) is 0 Å². The summed E-state index contributed by atoms with van der Waals surface area (Å²) in [5.74, 6) is 1.82. The Hall–Kier alpha value is -1.13. The third kappa shape index (κ3) is 3.22. The highest BCUT2D eigenvalue weighted by Crippen LogP contribution is 2.38. The van der Waals surface area contributed by atoms with E-state index in [-0.39, 0.29) is 11.7 Å². The molecule has 1 spiro atoms. The molecule has 1 aliphatic carbocycles. The standard InChI is InChI=1S/C17H24N2O2/c1-3-15(10-18-7-1)21-16-9-17(20-12-16)6-2-8-19(13-17)11-14-4-5-14/h1,3,7,10,14,16H,2,4-6,8-9,11-13H2/t16-,17-/m0/s1. The Morgan fingerprint density at radius 1 is 1.43 bits per heavy atom. The van der Waals surface area contributed by atoms with Gasteiger partial charge in [-0.05, 0) is 50.3 Å². The average Bonchev–Trinajstić information content (AvgIpc) is 3.23. The van der Waals surface area contributed by atoms with Crippen molar-refractivity contribution in [3.05, 3.63) is 24.5 Å². The summed E-state index contributed by atoms with van der Waals surface area (Å²) in [5, 5.41) is 0. The molecule has 0 unspecified atom stereocenters. The highest BCUT2D eigenvalue weighted by molar-refractivity contribution is 5.16. The van der Waals surface area contributed by atoms with Gasteiger partial charge in [0.25, 0.3) is 0 Å². The number of aromatic nitrogens is 1. The van der Waals surface area contributed by atoms with Crippen molar-refractivity contribution in [1.82, 2.24) is 9.88 Å². The number of nitrogens with zero attached hydrogens (tertiary/aromatic N) is 2. The number of ether oxygens (including phenoxy) is 2. The molecular weight excluding hydrogens is 264 g/mol. The molecule has 2 atom stereocenters. The van der Waals surface area contributed by atoms with Crippen molar-refractivity contribution in [1.29, 1.82) is 0 Å². The Morgan fingerprint density at radius 3 is 3.19 bits per heavy atom. The second kappa shape index (κ2) is 5.58. The van der Waals surface area contributed by atoms with Gasteiger partial charge in [0, 0.05) is 25.7 Å². The van der Waals surface area contributed by atoms with E-state index in [2.05, 4.69) is 9.88 Å². The third-order valence-electron chi connectivity index (χ3n) is 4.94. The Labute approximate surface area is 126 Å². The summed E-state index contributed by atoms with van der Waals surface area (Å²) >= 11 is 0. The number of hydrogen-bond acceptors (Lipinski definition) is 4. The van der Waals surface area contributed by atoms with Crippen LogP contribution in [0.4, 0.5) is 0 Å². The first kappa shape index (κ1) is 13.5. The summed E-state index contributed by atoms with van der Waals surface area (Å²) in [5.41, 5.74) is 0.0417. The van der Waals surface area contributed by atoms with E-state index in [1.54, 1.807) is 12.4 Å². The van der Waals surface area contributed by atoms with Gasteiger partial charge in [-0.1, -0.05) is 0 Å². The molecule has 2 aliphatic heterocycles. The van der Waals surface area contributed by atoms with Crippen molar-refractivity contribution in [2.45, 2.75) is 43.8 Å². The van der Waals surface area contributed by atoms with Gasteiger partial charge in [0.05, 0.1) is 18.4 Å². The van der Waals surface area contributed by atoms with E-state index >= 15 is 0 Å². The zero-order valence-corrected chi connectivity index (χ0v) is 12.5. The quantitative estimate of drug-likeness (QED) is 0.852. The largest absolute Gasteiger partial charge is 0.486 e. The van der Waals surface area contributed by atoms with Crippen molar-refractivity contribution in [2.75, 3.05) is 26.2 Å². The van der Waals surface area contributed by atoms with Crippen LogP contribution in [0.25, 0.3) is 0 Å². The molecule has 4 nitrogen and oxygen atoms in total. The SMILES string of the molecule is c1cncc(O[C@@H]2CO[C@@]3(CCCN(CC4CC4)C3)C2)c1. The lowest BCUT2D eigenvalue weighted by Gasteiger charge is -2.39. The Bertz CT molecular complexity index is 477. The van der Waals surface area contributed by atoms with E-state index in [1.807, 2.05) is 12.1 Å². The predicted molar refractivity (Wildman–Crippen MR) is 80.4 cm³/mol. The molecular formula is C17H24N2O2. The summed E-state index contributed by atoms with van der Waals surface area (Å²) in [7, 11) is 0. The van der Waals surface area contributed by atoms with Crippen LogP contribution in [0.5, 0.6) is 5.75 Å². The lowest BCUT2D eigenvalue weighted by Crippen LogP contribution is -2.48. The molecule has 0 bridgehead atoms. The monoisotopic (exact) mass is 288 g/mol. The predicted octanol–water partition coefficient (Wildman–Crippen LogP) is 2.49. The summed E-state index contributed by atoms with van der Waals surface area (Å²) < 4.78 is 12.2. The number of likely N-dealkylation sites (tertiary alicyclic amines) is 1. The van der Waals surface area contributed by atoms with Gasteiger partial charge < -0.3 is 14.4 Å². The van der Waals surface area contributed by atoms with E-state index in [0.717, 1.165) is 24.6 Å². The molecule has 1 saturated carbocycles. The molecule has 3 fully saturated rings. The summed E-state index contributed by atoms with van der Waals surface area (Å²) in [6.45, 7) is 4.33. The first-order valence-electron chi connectivity index (χ1n) is 8.24. The van der Waals surface area contributed by atoms with Crippen molar-refractivity contribution in [3.8, 4) is 5.75 Å². The van der Waals surface area contributed by atoms with E-state index < -0.39 is 0 Å². The van der Waals surface area contributed by atoms with Crippen LogP contribution in [-0.2, 0) is 4.74 Å². The lowest BCUT2D eigenvalue weighted by atomic mass is 9.89. The van der Waals surface area contributed by atoms with Crippen molar-refractivity contribution >= 4 is 0 Å². The van der Waals surface area contributed by atoms with E-state index in [9.17, 15) is 0 Å². The summed E-state index contributed by atoms with van der Waals surface area (Å²) in [6, 6.07) is 3.89. The fourth-order valence-electron chi connectivity index (χ4n) is 3.78. The van der Waals surface area contributed by atoms with Gasteiger partial charge in [-0.25, -0.2) is 0 Å².